The summed E-state index contributed by atoms with van der Waals surface area (Å²) in [6, 6.07) is 10.6. The first-order valence-corrected chi connectivity index (χ1v) is 10.3. The molecule has 4 rings (SSSR count). The second kappa shape index (κ2) is 10.3. The van der Waals surface area contributed by atoms with Gasteiger partial charge in [0.25, 0.3) is 0 Å². The Hall–Kier alpha value is -3.35. The van der Waals surface area contributed by atoms with Crippen molar-refractivity contribution in [2.45, 2.75) is 19.9 Å². The van der Waals surface area contributed by atoms with Gasteiger partial charge in [0.05, 0.1) is 25.2 Å². The van der Waals surface area contributed by atoms with E-state index in [9.17, 15) is 0 Å². The lowest BCUT2D eigenvalue weighted by Gasteiger charge is -2.37. The minimum absolute atomic E-state index is 0. The van der Waals surface area contributed by atoms with Gasteiger partial charge in [-0.05, 0) is 18.1 Å². The molecule has 32 heavy (non-hydrogen) atoms. The first-order valence-electron chi connectivity index (χ1n) is 10.3. The van der Waals surface area contributed by atoms with Gasteiger partial charge in [0.1, 0.15) is 17.6 Å². The van der Waals surface area contributed by atoms with E-state index in [1.54, 1.807) is 7.11 Å². The van der Waals surface area contributed by atoms with Crippen molar-refractivity contribution in [3.63, 3.8) is 0 Å². The average Bonchev–Trinajstić information content (AvgIpc) is 3.27. The highest BCUT2D eigenvalue weighted by Gasteiger charge is 2.23. The number of nitrogens with one attached hydrogen (secondary N) is 3. The number of hydrogen-bond acceptors (Lipinski definition) is 8. The molecule has 0 unspecified atom stereocenters. The number of H-pyrrole nitrogens is 1. The van der Waals surface area contributed by atoms with Crippen molar-refractivity contribution in [3.05, 3.63) is 42.4 Å². The predicted octanol–water partition coefficient (Wildman–Crippen LogP) is 3.35. The van der Waals surface area contributed by atoms with Crippen molar-refractivity contribution in [1.29, 1.82) is 5.26 Å². The smallest absolute Gasteiger partial charge is 0.158 e. The number of piperazine rings is 1. The second-order valence-corrected chi connectivity index (χ2v) is 7.83. The maximum Gasteiger partial charge on any atom is 0.158 e. The van der Waals surface area contributed by atoms with Gasteiger partial charge >= 0.3 is 0 Å². The zero-order valence-corrected chi connectivity index (χ0v) is 19.1. The van der Waals surface area contributed by atoms with Gasteiger partial charge in [0.15, 0.2) is 11.5 Å². The van der Waals surface area contributed by atoms with Gasteiger partial charge in [-0.1, -0.05) is 13.8 Å². The number of ether oxygens (including phenoxy) is 1. The van der Waals surface area contributed by atoms with E-state index < -0.39 is 0 Å². The molecule has 1 fully saturated rings. The van der Waals surface area contributed by atoms with E-state index in [4.69, 9.17) is 10.00 Å². The van der Waals surface area contributed by atoms with Gasteiger partial charge in [-0.15, -0.1) is 12.4 Å². The van der Waals surface area contributed by atoms with E-state index in [1.807, 2.05) is 12.1 Å². The first kappa shape index (κ1) is 23.3. The van der Waals surface area contributed by atoms with Crippen LogP contribution in [0.1, 0.15) is 19.5 Å². The summed E-state index contributed by atoms with van der Waals surface area (Å²) < 4.78 is 5.70. The van der Waals surface area contributed by atoms with Crippen molar-refractivity contribution in [2.75, 3.05) is 37.0 Å². The van der Waals surface area contributed by atoms with E-state index in [0.29, 0.717) is 23.6 Å². The summed E-state index contributed by atoms with van der Waals surface area (Å²) in [5.74, 6) is 2.48. The number of hydrogen-bond donors (Lipinski definition) is 3. The largest absolute Gasteiger partial charge is 0.496 e. The SMILES string of the molecule is COc1cc(N2CCN[C@@H](C(C)C)C2)ccc1-c1cc(Nc2cnc(C#N)cn2)n[nH]1.Cl. The molecule has 1 atom stereocenters. The molecular formula is C22H27ClN8O. The van der Waals surface area contributed by atoms with E-state index in [-0.39, 0.29) is 18.1 Å². The molecule has 0 amide bonds. The number of benzene rings is 1. The number of halogens is 1. The number of anilines is 3. The third kappa shape index (κ3) is 5.10. The molecule has 0 bridgehead atoms. The van der Waals surface area contributed by atoms with E-state index in [2.05, 4.69) is 67.7 Å². The highest BCUT2D eigenvalue weighted by Crippen LogP contribution is 2.34. The quantitative estimate of drug-likeness (QED) is 0.519. The summed E-state index contributed by atoms with van der Waals surface area (Å²) in [5.41, 5.74) is 3.17. The van der Waals surface area contributed by atoms with Crippen LogP contribution in [0.3, 0.4) is 0 Å². The summed E-state index contributed by atoms with van der Waals surface area (Å²) in [7, 11) is 1.68. The molecule has 0 spiro atoms. The van der Waals surface area contributed by atoms with Crippen molar-refractivity contribution < 1.29 is 4.74 Å². The molecule has 0 saturated carbocycles. The van der Waals surface area contributed by atoms with Gasteiger partial charge in [0.2, 0.25) is 0 Å². The van der Waals surface area contributed by atoms with Crippen LogP contribution in [0.2, 0.25) is 0 Å². The number of aromatic nitrogens is 4. The summed E-state index contributed by atoms with van der Waals surface area (Å²) in [4.78, 5) is 10.6. The normalized spacial score (nSPS) is 15.7. The van der Waals surface area contributed by atoms with Crippen LogP contribution in [0.25, 0.3) is 11.3 Å². The highest BCUT2D eigenvalue weighted by molar-refractivity contribution is 5.85. The number of nitriles is 1. The predicted molar refractivity (Wildman–Crippen MR) is 127 cm³/mol. The van der Waals surface area contributed by atoms with Crippen LogP contribution in [0.5, 0.6) is 5.75 Å². The number of rotatable bonds is 6. The molecule has 0 aliphatic carbocycles. The molecular weight excluding hydrogens is 428 g/mol. The average molecular weight is 455 g/mol. The topological polar surface area (TPSA) is 115 Å². The zero-order valence-electron chi connectivity index (χ0n) is 18.3. The van der Waals surface area contributed by atoms with Crippen molar-refractivity contribution in [3.8, 4) is 23.1 Å². The lowest BCUT2D eigenvalue weighted by atomic mass is 10.0. The Morgan fingerprint density at radius 2 is 2.06 bits per heavy atom. The summed E-state index contributed by atoms with van der Waals surface area (Å²) in [6.45, 7) is 7.41. The van der Waals surface area contributed by atoms with Gasteiger partial charge in [0, 0.05) is 49.1 Å². The van der Waals surface area contributed by atoms with Crippen molar-refractivity contribution >= 4 is 29.7 Å². The first-order chi connectivity index (χ1) is 15.1. The van der Waals surface area contributed by atoms with Gasteiger partial charge in [-0.25, -0.2) is 9.97 Å². The van der Waals surface area contributed by atoms with Crippen LogP contribution in [0.4, 0.5) is 17.3 Å². The van der Waals surface area contributed by atoms with Crippen molar-refractivity contribution in [2.24, 2.45) is 5.92 Å². The Kier molecular flexibility index (Phi) is 7.51. The number of methoxy groups -OCH3 is 1. The standard InChI is InChI=1S/C22H26N8O.ClH/c1-14(2)19-13-30(7-6-24-19)16-4-5-17(20(8-16)31-3)18-9-21(29-28-18)27-22-12-25-15(10-23)11-26-22;/h4-5,8-9,11-12,14,19,24H,6-7,13H2,1-3H3,(H2,26,27,28,29);1H/t19-;/m1./s1. The third-order valence-electron chi connectivity index (χ3n) is 5.45. The zero-order chi connectivity index (χ0) is 21.8. The maximum atomic E-state index is 8.83. The van der Waals surface area contributed by atoms with Gasteiger partial charge in [-0.2, -0.15) is 10.4 Å². The fourth-order valence-electron chi connectivity index (χ4n) is 3.66. The Morgan fingerprint density at radius 1 is 1.22 bits per heavy atom. The summed E-state index contributed by atoms with van der Waals surface area (Å²) in [6.07, 6.45) is 2.91. The molecule has 1 saturated heterocycles. The minimum Gasteiger partial charge on any atom is -0.496 e. The van der Waals surface area contributed by atoms with E-state index in [1.165, 1.54) is 12.4 Å². The van der Waals surface area contributed by atoms with Crippen LogP contribution in [-0.2, 0) is 0 Å². The van der Waals surface area contributed by atoms with Gasteiger partial charge < -0.3 is 20.3 Å². The van der Waals surface area contributed by atoms with Gasteiger partial charge in [-0.3, -0.25) is 5.10 Å². The molecule has 0 radical (unpaired) electrons. The fourth-order valence-corrected chi connectivity index (χ4v) is 3.66. The molecule has 168 valence electrons. The molecule has 3 N–H and O–H groups in total. The Bertz CT molecular complexity index is 1080. The molecule has 1 aliphatic heterocycles. The lowest BCUT2D eigenvalue weighted by Crippen LogP contribution is -2.52. The van der Waals surface area contributed by atoms with E-state index >= 15 is 0 Å². The fraction of sp³-hybridized carbons (Fsp3) is 0.364. The van der Waals surface area contributed by atoms with Crippen LogP contribution >= 0.6 is 12.4 Å². The Morgan fingerprint density at radius 3 is 2.75 bits per heavy atom. The molecule has 3 heterocycles. The summed E-state index contributed by atoms with van der Waals surface area (Å²) in [5, 5.41) is 22.9. The Balaban J connectivity index is 0.00000289. The molecule has 2 aromatic heterocycles. The molecule has 3 aromatic rings. The summed E-state index contributed by atoms with van der Waals surface area (Å²) >= 11 is 0. The number of aromatic amines is 1. The second-order valence-electron chi connectivity index (χ2n) is 7.83. The molecule has 1 aromatic carbocycles. The Labute approximate surface area is 193 Å². The van der Waals surface area contributed by atoms with Crippen LogP contribution in [0.15, 0.2) is 36.7 Å². The minimum atomic E-state index is 0. The molecule has 1 aliphatic rings. The van der Waals surface area contributed by atoms with Crippen LogP contribution in [0, 0.1) is 17.2 Å². The number of nitrogens with zero attached hydrogens (tertiary/aromatic N) is 5. The maximum absolute atomic E-state index is 8.83. The lowest BCUT2D eigenvalue weighted by molar-refractivity contribution is 0.368. The highest BCUT2D eigenvalue weighted by atomic mass is 35.5. The monoisotopic (exact) mass is 454 g/mol. The van der Waals surface area contributed by atoms with E-state index in [0.717, 1.165) is 42.3 Å². The van der Waals surface area contributed by atoms with Crippen molar-refractivity contribution in [1.82, 2.24) is 25.5 Å². The molecule has 9 nitrogen and oxygen atoms in total. The third-order valence-corrected chi connectivity index (χ3v) is 5.45. The van der Waals surface area contributed by atoms with Crippen LogP contribution in [-0.4, -0.2) is 53.0 Å². The molecule has 10 heteroatoms. The van der Waals surface area contributed by atoms with Crippen LogP contribution < -0.4 is 20.3 Å².